The Morgan fingerprint density at radius 2 is 2.17 bits per heavy atom. The van der Waals surface area contributed by atoms with E-state index in [0.717, 1.165) is 18.6 Å². The molecule has 24 heavy (non-hydrogen) atoms. The topological polar surface area (TPSA) is 58.6 Å². The van der Waals surface area contributed by atoms with Crippen molar-refractivity contribution in [2.75, 3.05) is 11.5 Å². The molecule has 1 heterocycles. The molecule has 0 fully saturated rings. The van der Waals surface area contributed by atoms with Gasteiger partial charge in [-0.05, 0) is 43.0 Å². The molecule has 1 aromatic carbocycles. The zero-order valence-electron chi connectivity index (χ0n) is 13.2. The van der Waals surface area contributed by atoms with Crippen LogP contribution in [0.2, 0.25) is 0 Å². The molecule has 5 nitrogen and oxygen atoms in total. The Balaban J connectivity index is 2.41. The number of fused-ring (bicyclic) bond motifs is 1. The number of nitrogens with zero attached hydrogens (tertiary/aromatic N) is 1. The summed E-state index contributed by atoms with van der Waals surface area (Å²) in [7, 11) is 0. The van der Waals surface area contributed by atoms with Crippen LogP contribution in [0.5, 0.6) is 0 Å². The summed E-state index contributed by atoms with van der Waals surface area (Å²) < 4.78 is 43.5. The van der Waals surface area contributed by atoms with Gasteiger partial charge in [-0.3, -0.25) is 9.59 Å². The molecule has 0 spiro atoms. The highest BCUT2D eigenvalue weighted by Gasteiger charge is 2.35. The first-order valence-corrected chi connectivity index (χ1v) is 7.65. The van der Waals surface area contributed by atoms with Crippen molar-refractivity contribution in [2.24, 2.45) is 0 Å². The van der Waals surface area contributed by atoms with Gasteiger partial charge >= 0.3 is 6.18 Å². The SMILES string of the molecule is CCC1CCc2cc(C(F)(F)F)ccc2N1C(COC=O)NC=O. The Kier molecular flexibility index (Phi) is 5.69. The maximum Gasteiger partial charge on any atom is 0.416 e. The minimum absolute atomic E-state index is 0.0296. The van der Waals surface area contributed by atoms with Crippen molar-refractivity contribution in [1.29, 1.82) is 0 Å². The highest BCUT2D eigenvalue weighted by molar-refractivity contribution is 5.60. The lowest BCUT2D eigenvalue weighted by Gasteiger charge is -2.43. The predicted molar refractivity (Wildman–Crippen MR) is 81.3 cm³/mol. The van der Waals surface area contributed by atoms with Crippen molar-refractivity contribution in [1.82, 2.24) is 5.32 Å². The predicted octanol–water partition coefficient (Wildman–Crippen LogP) is 2.48. The lowest BCUT2D eigenvalue weighted by Crippen LogP contribution is -2.54. The van der Waals surface area contributed by atoms with E-state index in [4.69, 9.17) is 4.74 Å². The smallest absolute Gasteiger partial charge is 0.416 e. The van der Waals surface area contributed by atoms with Crippen molar-refractivity contribution in [3.8, 4) is 0 Å². The van der Waals surface area contributed by atoms with Gasteiger partial charge in [-0.15, -0.1) is 0 Å². The van der Waals surface area contributed by atoms with Crippen LogP contribution in [0.4, 0.5) is 18.9 Å². The van der Waals surface area contributed by atoms with Crippen LogP contribution in [0, 0.1) is 0 Å². The second-order valence-corrected chi connectivity index (χ2v) is 5.58. The number of nitrogens with one attached hydrogen (secondary N) is 1. The van der Waals surface area contributed by atoms with Gasteiger partial charge in [0.2, 0.25) is 6.41 Å². The van der Waals surface area contributed by atoms with E-state index in [1.165, 1.54) is 6.07 Å². The van der Waals surface area contributed by atoms with E-state index in [1.54, 1.807) is 0 Å². The Hall–Kier alpha value is -2.25. The molecule has 0 saturated heterocycles. The summed E-state index contributed by atoms with van der Waals surface area (Å²) in [4.78, 5) is 23.2. The molecular formula is C16H19F3N2O3. The largest absolute Gasteiger partial charge is 0.464 e. The van der Waals surface area contributed by atoms with E-state index in [1.807, 2.05) is 11.8 Å². The average Bonchev–Trinajstić information content (AvgIpc) is 2.56. The molecule has 1 aliphatic rings. The molecule has 1 amide bonds. The fourth-order valence-corrected chi connectivity index (χ4v) is 3.11. The van der Waals surface area contributed by atoms with Crippen LogP contribution in [-0.2, 0) is 26.9 Å². The van der Waals surface area contributed by atoms with Crippen molar-refractivity contribution >= 4 is 18.6 Å². The molecular weight excluding hydrogens is 325 g/mol. The second kappa shape index (κ2) is 7.55. The van der Waals surface area contributed by atoms with Gasteiger partial charge in [-0.25, -0.2) is 0 Å². The number of ether oxygens (including phenoxy) is 1. The quantitative estimate of drug-likeness (QED) is 0.772. The number of amides is 1. The number of carbonyl (C=O) groups excluding carboxylic acids is 2. The monoisotopic (exact) mass is 344 g/mol. The van der Waals surface area contributed by atoms with E-state index >= 15 is 0 Å². The molecule has 1 aromatic rings. The van der Waals surface area contributed by atoms with Gasteiger partial charge in [0, 0.05) is 11.7 Å². The molecule has 1 aliphatic heterocycles. The van der Waals surface area contributed by atoms with Gasteiger partial charge in [-0.1, -0.05) is 6.92 Å². The van der Waals surface area contributed by atoms with E-state index in [2.05, 4.69) is 5.32 Å². The molecule has 0 radical (unpaired) electrons. The molecule has 2 atom stereocenters. The molecule has 2 rings (SSSR count). The number of anilines is 1. The normalized spacial score (nSPS) is 18.5. The molecule has 0 bridgehead atoms. The number of halogens is 3. The Labute approximate surface area is 137 Å². The van der Waals surface area contributed by atoms with E-state index < -0.39 is 17.9 Å². The number of hydrogen-bond donors (Lipinski definition) is 1. The van der Waals surface area contributed by atoms with Crippen LogP contribution in [-0.4, -0.2) is 31.7 Å². The Bertz CT molecular complexity index is 592. The zero-order valence-corrected chi connectivity index (χ0v) is 13.2. The summed E-state index contributed by atoms with van der Waals surface area (Å²) in [5.74, 6) is 0. The van der Waals surface area contributed by atoms with Crippen molar-refractivity contribution in [2.45, 2.75) is 44.6 Å². The summed E-state index contributed by atoms with van der Waals surface area (Å²) in [5.41, 5.74) is 0.494. The van der Waals surface area contributed by atoms with Gasteiger partial charge in [0.25, 0.3) is 6.47 Å². The Morgan fingerprint density at radius 1 is 1.42 bits per heavy atom. The maximum atomic E-state index is 12.9. The van der Waals surface area contributed by atoms with Crippen LogP contribution in [0.3, 0.4) is 0 Å². The summed E-state index contributed by atoms with van der Waals surface area (Å²) >= 11 is 0. The van der Waals surface area contributed by atoms with Crippen molar-refractivity contribution in [3.05, 3.63) is 29.3 Å². The summed E-state index contributed by atoms with van der Waals surface area (Å²) in [6.07, 6.45) is -2.61. The van der Waals surface area contributed by atoms with Crippen LogP contribution in [0.15, 0.2) is 18.2 Å². The number of hydrogen-bond acceptors (Lipinski definition) is 4. The van der Waals surface area contributed by atoms with Gasteiger partial charge in [-0.2, -0.15) is 13.2 Å². The first-order valence-electron chi connectivity index (χ1n) is 7.65. The van der Waals surface area contributed by atoms with Gasteiger partial charge in [0.1, 0.15) is 12.8 Å². The number of benzene rings is 1. The molecule has 132 valence electrons. The van der Waals surface area contributed by atoms with E-state index in [9.17, 15) is 22.8 Å². The van der Waals surface area contributed by atoms with Crippen LogP contribution >= 0.6 is 0 Å². The highest BCUT2D eigenvalue weighted by atomic mass is 19.4. The molecule has 0 aliphatic carbocycles. The number of rotatable bonds is 7. The van der Waals surface area contributed by atoms with Gasteiger partial charge in [0.15, 0.2) is 0 Å². The summed E-state index contributed by atoms with van der Waals surface area (Å²) in [6, 6.07) is 3.62. The number of aryl methyl sites for hydroxylation is 1. The fraction of sp³-hybridized carbons (Fsp3) is 0.500. The van der Waals surface area contributed by atoms with Crippen molar-refractivity contribution < 1.29 is 27.5 Å². The number of carbonyl (C=O) groups is 2. The third kappa shape index (κ3) is 3.80. The first-order chi connectivity index (χ1) is 11.4. The van der Waals surface area contributed by atoms with E-state index in [-0.39, 0.29) is 19.1 Å². The Morgan fingerprint density at radius 3 is 2.75 bits per heavy atom. The number of alkyl halides is 3. The standard InChI is InChI=1S/C16H19F3N2O3/c1-2-13-5-3-11-7-12(16(17,18)19)4-6-14(11)21(13)15(20-9-22)8-24-10-23/h4,6-7,9-10,13,15H,2-3,5,8H2,1H3,(H,20,22). The molecule has 0 aromatic heterocycles. The first kappa shape index (κ1) is 18.1. The third-order valence-corrected chi connectivity index (χ3v) is 4.21. The fourth-order valence-electron chi connectivity index (χ4n) is 3.11. The highest BCUT2D eigenvalue weighted by Crippen LogP contribution is 2.38. The summed E-state index contributed by atoms with van der Waals surface area (Å²) in [6.45, 7) is 2.16. The lowest BCUT2D eigenvalue weighted by molar-refractivity contribution is -0.137. The minimum Gasteiger partial charge on any atom is -0.464 e. The molecule has 1 N–H and O–H groups in total. The average molecular weight is 344 g/mol. The zero-order chi connectivity index (χ0) is 17.7. The lowest BCUT2D eigenvalue weighted by atomic mass is 9.92. The maximum absolute atomic E-state index is 12.9. The molecule has 2 unspecified atom stereocenters. The van der Waals surface area contributed by atoms with Crippen LogP contribution in [0.25, 0.3) is 0 Å². The van der Waals surface area contributed by atoms with Crippen LogP contribution < -0.4 is 10.2 Å². The third-order valence-electron chi connectivity index (χ3n) is 4.21. The van der Waals surface area contributed by atoms with Gasteiger partial charge < -0.3 is 15.0 Å². The molecule has 8 heteroatoms. The van der Waals surface area contributed by atoms with E-state index in [0.29, 0.717) is 30.5 Å². The van der Waals surface area contributed by atoms with Gasteiger partial charge in [0.05, 0.1) is 5.56 Å². The minimum atomic E-state index is -4.40. The van der Waals surface area contributed by atoms with Crippen LogP contribution in [0.1, 0.15) is 30.9 Å². The summed E-state index contributed by atoms with van der Waals surface area (Å²) in [5, 5.41) is 2.58. The van der Waals surface area contributed by atoms with Crippen molar-refractivity contribution in [3.63, 3.8) is 0 Å². The molecule has 0 saturated carbocycles. The second-order valence-electron chi connectivity index (χ2n) is 5.58.